The molecule has 0 aliphatic rings. The molecule has 0 saturated heterocycles. The van der Waals surface area contributed by atoms with Crippen LogP contribution in [0.2, 0.25) is 0 Å². The number of nitrogens with one attached hydrogen (secondary N) is 1. The minimum atomic E-state index is -3.86. The number of hydrogen-bond acceptors (Lipinski definition) is 4. The molecule has 116 valence electrons. The van der Waals surface area contributed by atoms with E-state index in [0.717, 1.165) is 6.07 Å². The summed E-state index contributed by atoms with van der Waals surface area (Å²) < 4.78 is 44.7. The molecular weight excluding hydrogens is 309 g/mol. The maximum Gasteiger partial charge on any atom is 0.337 e. The van der Waals surface area contributed by atoms with Crippen molar-refractivity contribution in [3.05, 3.63) is 59.4 Å². The van der Waals surface area contributed by atoms with E-state index in [1.807, 2.05) is 0 Å². The summed E-state index contributed by atoms with van der Waals surface area (Å²) in [6.45, 7) is 1.58. The lowest BCUT2D eigenvalue weighted by molar-refractivity contribution is 0.0600. The average Bonchev–Trinajstić information content (AvgIpc) is 2.50. The molecule has 0 aliphatic carbocycles. The van der Waals surface area contributed by atoms with Crippen LogP contribution in [0, 0.1) is 12.7 Å². The molecule has 1 N–H and O–H groups in total. The molecule has 2 aromatic carbocycles. The van der Waals surface area contributed by atoms with Crippen molar-refractivity contribution in [1.82, 2.24) is 0 Å². The highest BCUT2D eigenvalue weighted by molar-refractivity contribution is 7.92. The van der Waals surface area contributed by atoms with E-state index in [9.17, 15) is 17.6 Å². The van der Waals surface area contributed by atoms with E-state index < -0.39 is 21.8 Å². The number of sulfonamides is 1. The highest BCUT2D eigenvalue weighted by Crippen LogP contribution is 2.19. The van der Waals surface area contributed by atoms with Gasteiger partial charge in [0.1, 0.15) is 5.82 Å². The molecule has 2 aromatic rings. The Hall–Kier alpha value is -2.41. The molecule has 0 aromatic heterocycles. The maximum atomic E-state index is 13.5. The van der Waals surface area contributed by atoms with Crippen molar-refractivity contribution in [1.29, 1.82) is 0 Å². The fourth-order valence-electron chi connectivity index (χ4n) is 1.76. The van der Waals surface area contributed by atoms with E-state index in [0.29, 0.717) is 5.56 Å². The van der Waals surface area contributed by atoms with E-state index >= 15 is 0 Å². The molecule has 22 heavy (non-hydrogen) atoms. The Balaban J connectivity index is 2.26. The number of carbonyl (C=O) groups is 1. The van der Waals surface area contributed by atoms with Crippen molar-refractivity contribution in [3.8, 4) is 0 Å². The summed E-state index contributed by atoms with van der Waals surface area (Å²) in [4.78, 5) is 11.3. The van der Waals surface area contributed by atoms with Gasteiger partial charge in [-0.25, -0.2) is 17.6 Å². The van der Waals surface area contributed by atoms with Crippen molar-refractivity contribution in [2.24, 2.45) is 0 Å². The third-order valence-electron chi connectivity index (χ3n) is 3.01. The van der Waals surface area contributed by atoms with Crippen molar-refractivity contribution >= 4 is 21.7 Å². The third-order valence-corrected chi connectivity index (χ3v) is 4.41. The number of anilines is 1. The number of hydrogen-bond donors (Lipinski definition) is 1. The van der Waals surface area contributed by atoms with Crippen LogP contribution in [0.5, 0.6) is 0 Å². The van der Waals surface area contributed by atoms with Crippen LogP contribution >= 0.6 is 0 Å². The zero-order valence-corrected chi connectivity index (χ0v) is 12.8. The highest BCUT2D eigenvalue weighted by Gasteiger charge is 2.16. The lowest BCUT2D eigenvalue weighted by Gasteiger charge is -2.09. The van der Waals surface area contributed by atoms with Crippen LogP contribution < -0.4 is 4.72 Å². The predicted octanol–water partition coefficient (Wildman–Crippen LogP) is 2.72. The molecular formula is C15H14FNO4S. The molecule has 0 fully saturated rings. The van der Waals surface area contributed by atoms with Gasteiger partial charge < -0.3 is 4.74 Å². The van der Waals surface area contributed by atoms with Gasteiger partial charge in [0.05, 0.1) is 23.3 Å². The first-order chi connectivity index (χ1) is 10.3. The lowest BCUT2D eigenvalue weighted by atomic mass is 10.2. The van der Waals surface area contributed by atoms with E-state index in [1.165, 1.54) is 43.5 Å². The SMILES string of the molecule is COC(=O)c1ccc(S(=O)(=O)Nc2ccc(C)c(F)c2)cc1. The fraction of sp³-hybridized carbons (Fsp3) is 0.133. The van der Waals surface area contributed by atoms with Crippen molar-refractivity contribution in [3.63, 3.8) is 0 Å². The van der Waals surface area contributed by atoms with Gasteiger partial charge in [0, 0.05) is 0 Å². The van der Waals surface area contributed by atoms with Crippen LogP contribution in [0.15, 0.2) is 47.4 Å². The minimum absolute atomic E-state index is 0.0406. The van der Waals surface area contributed by atoms with Crippen LogP contribution in [-0.4, -0.2) is 21.5 Å². The highest BCUT2D eigenvalue weighted by atomic mass is 32.2. The van der Waals surface area contributed by atoms with Crippen molar-refractivity contribution in [2.75, 3.05) is 11.8 Å². The number of esters is 1. The summed E-state index contributed by atoms with van der Waals surface area (Å²) in [5.74, 6) is -1.06. The van der Waals surface area contributed by atoms with E-state index in [-0.39, 0.29) is 16.1 Å². The van der Waals surface area contributed by atoms with Crippen LogP contribution in [0.1, 0.15) is 15.9 Å². The standard InChI is InChI=1S/C15H14FNO4S/c1-10-3-6-12(9-14(10)16)17-22(19,20)13-7-4-11(5-8-13)15(18)21-2/h3-9,17H,1-2H3. The fourth-order valence-corrected chi connectivity index (χ4v) is 2.81. The Labute approximate surface area is 127 Å². The number of methoxy groups -OCH3 is 1. The molecule has 0 atom stereocenters. The molecule has 7 heteroatoms. The molecule has 5 nitrogen and oxygen atoms in total. The number of benzene rings is 2. The van der Waals surface area contributed by atoms with Crippen LogP contribution in [0.4, 0.5) is 10.1 Å². The summed E-state index contributed by atoms with van der Waals surface area (Å²) in [6.07, 6.45) is 0. The van der Waals surface area contributed by atoms with Crippen molar-refractivity contribution < 1.29 is 22.3 Å². The lowest BCUT2D eigenvalue weighted by Crippen LogP contribution is -2.13. The Morgan fingerprint density at radius 1 is 1.14 bits per heavy atom. The van der Waals surface area contributed by atoms with Gasteiger partial charge in [-0.3, -0.25) is 4.72 Å². The minimum Gasteiger partial charge on any atom is -0.465 e. The summed E-state index contributed by atoms with van der Waals surface area (Å²) in [5, 5.41) is 0. The topological polar surface area (TPSA) is 72.5 Å². The van der Waals surface area contributed by atoms with E-state index in [2.05, 4.69) is 9.46 Å². The number of rotatable bonds is 4. The summed E-state index contributed by atoms with van der Waals surface area (Å²) in [5.41, 5.74) is 0.786. The van der Waals surface area contributed by atoms with Gasteiger partial charge in [0.15, 0.2) is 0 Å². The van der Waals surface area contributed by atoms with Gasteiger partial charge in [-0.2, -0.15) is 0 Å². The predicted molar refractivity (Wildman–Crippen MR) is 79.7 cm³/mol. The molecule has 0 radical (unpaired) electrons. The van der Waals surface area contributed by atoms with Crippen LogP contribution in [0.25, 0.3) is 0 Å². The van der Waals surface area contributed by atoms with Crippen molar-refractivity contribution in [2.45, 2.75) is 11.8 Å². The molecule has 0 bridgehead atoms. The molecule has 0 saturated carbocycles. The van der Waals surface area contributed by atoms with E-state index in [4.69, 9.17) is 0 Å². The Kier molecular flexibility index (Phi) is 4.46. The Morgan fingerprint density at radius 2 is 1.77 bits per heavy atom. The first-order valence-electron chi connectivity index (χ1n) is 6.31. The summed E-state index contributed by atoms with van der Waals surface area (Å²) >= 11 is 0. The number of aryl methyl sites for hydroxylation is 1. The molecule has 0 aliphatic heterocycles. The zero-order valence-electron chi connectivity index (χ0n) is 12.0. The first kappa shape index (κ1) is 16.0. The van der Waals surface area contributed by atoms with Gasteiger partial charge in [-0.15, -0.1) is 0 Å². The quantitative estimate of drug-likeness (QED) is 0.878. The molecule has 0 spiro atoms. The largest absolute Gasteiger partial charge is 0.465 e. The van der Waals surface area contributed by atoms with Gasteiger partial charge in [0.25, 0.3) is 10.0 Å². The molecule has 0 unspecified atom stereocenters. The Morgan fingerprint density at radius 3 is 2.32 bits per heavy atom. The third kappa shape index (κ3) is 3.43. The second-order valence-electron chi connectivity index (χ2n) is 4.59. The average molecular weight is 323 g/mol. The second kappa shape index (κ2) is 6.15. The molecule has 0 amide bonds. The maximum absolute atomic E-state index is 13.5. The zero-order chi connectivity index (χ0) is 16.3. The van der Waals surface area contributed by atoms with E-state index in [1.54, 1.807) is 6.92 Å². The summed E-state index contributed by atoms with van der Waals surface area (Å²) in [6, 6.07) is 9.30. The molecule has 2 rings (SSSR count). The first-order valence-corrected chi connectivity index (χ1v) is 7.79. The normalized spacial score (nSPS) is 11.0. The second-order valence-corrected chi connectivity index (χ2v) is 6.27. The van der Waals surface area contributed by atoms with Gasteiger partial charge in [0.2, 0.25) is 0 Å². The number of ether oxygens (including phenoxy) is 1. The van der Waals surface area contributed by atoms with Crippen LogP contribution in [0.3, 0.4) is 0 Å². The monoisotopic (exact) mass is 323 g/mol. The number of carbonyl (C=O) groups excluding carboxylic acids is 1. The van der Waals surface area contributed by atoms with Gasteiger partial charge >= 0.3 is 5.97 Å². The van der Waals surface area contributed by atoms with Crippen LogP contribution in [-0.2, 0) is 14.8 Å². The van der Waals surface area contributed by atoms with Gasteiger partial charge in [-0.1, -0.05) is 6.07 Å². The smallest absolute Gasteiger partial charge is 0.337 e. The Bertz CT molecular complexity index is 801. The number of halogens is 1. The van der Waals surface area contributed by atoms with Gasteiger partial charge in [-0.05, 0) is 48.9 Å². The summed E-state index contributed by atoms with van der Waals surface area (Å²) in [7, 11) is -2.62. The molecule has 0 heterocycles.